The Bertz CT molecular complexity index is 1470. The number of nitrogens with zero attached hydrogens (tertiary/aromatic N) is 5. The van der Waals surface area contributed by atoms with E-state index in [-0.39, 0.29) is 49.8 Å². The predicted octanol–water partition coefficient (Wildman–Crippen LogP) is 5.08. The van der Waals surface area contributed by atoms with Crippen LogP contribution in [0.2, 0.25) is 0 Å². The molecule has 3 aromatic rings. The van der Waals surface area contributed by atoms with Crippen molar-refractivity contribution in [3.8, 4) is 0 Å². The third-order valence-electron chi connectivity index (χ3n) is 8.38. The fourth-order valence-corrected chi connectivity index (χ4v) is 5.95. The van der Waals surface area contributed by atoms with E-state index in [0.717, 1.165) is 6.07 Å². The van der Waals surface area contributed by atoms with Gasteiger partial charge in [0.05, 0.1) is 30.7 Å². The van der Waals surface area contributed by atoms with Crippen LogP contribution in [0, 0.1) is 0 Å². The monoisotopic (exact) mass is 561 g/mol. The van der Waals surface area contributed by atoms with Crippen LogP contribution >= 0.6 is 0 Å². The normalized spacial score (nSPS) is 21.5. The Kier molecular flexibility index (Phi) is 6.08. The fraction of sp³-hybridized carbons (Fsp3) is 0.464. The second-order valence-corrected chi connectivity index (χ2v) is 11.3. The Balaban J connectivity index is 1.34. The van der Waals surface area contributed by atoms with Crippen LogP contribution < -0.4 is 4.90 Å². The minimum Gasteiger partial charge on any atom is -0.379 e. The number of aryl methyl sites for hydroxylation is 1. The number of carbonyl (C=O) groups is 1. The summed E-state index contributed by atoms with van der Waals surface area (Å²) < 4.78 is 79.5. The SMILES string of the molecule is C[C@@H](c1cc2c(c(C(F)(F)F)c1)CN(c1cccc(C3([C@H](F)c4nncn4C)COC3)c1)C2=O)N1CC(C)(F)C1. The minimum absolute atomic E-state index is 0.0326. The molecule has 0 spiro atoms. The molecule has 0 aliphatic carbocycles. The molecule has 2 saturated heterocycles. The summed E-state index contributed by atoms with van der Waals surface area (Å²) >= 11 is 0. The minimum atomic E-state index is -4.69. The molecule has 2 fully saturated rings. The number of amides is 1. The van der Waals surface area contributed by atoms with Gasteiger partial charge in [-0.25, -0.2) is 8.78 Å². The van der Waals surface area contributed by atoms with E-state index < -0.39 is 40.9 Å². The van der Waals surface area contributed by atoms with Crippen molar-refractivity contribution in [3.05, 3.63) is 76.4 Å². The van der Waals surface area contributed by atoms with E-state index in [1.165, 1.54) is 28.8 Å². The molecule has 7 nitrogen and oxygen atoms in total. The molecule has 0 N–H and O–H groups in total. The van der Waals surface area contributed by atoms with Crippen molar-refractivity contribution >= 4 is 11.6 Å². The van der Waals surface area contributed by atoms with Crippen LogP contribution in [0.1, 0.15) is 64.5 Å². The van der Waals surface area contributed by atoms with Gasteiger partial charge in [0, 0.05) is 37.4 Å². The summed E-state index contributed by atoms with van der Waals surface area (Å²) in [6.45, 7) is 3.25. The average molecular weight is 562 g/mol. The van der Waals surface area contributed by atoms with Crippen molar-refractivity contribution < 1.29 is 31.5 Å². The lowest BCUT2D eigenvalue weighted by atomic mass is 9.74. The Morgan fingerprint density at radius 1 is 1.12 bits per heavy atom. The van der Waals surface area contributed by atoms with Gasteiger partial charge in [0.1, 0.15) is 12.0 Å². The summed E-state index contributed by atoms with van der Waals surface area (Å²) in [6, 6.07) is 8.68. The second kappa shape index (κ2) is 9.07. The van der Waals surface area contributed by atoms with Crippen LogP contribution in [0.3, 0.4) is 0 Å². The Morgan fingerprint density at radius 3 is 2.42 bits per heavy atom. The lowest BCUT2D eigenvalue weighted by Crippen LogP contribution is -2.57. The third kappa shape index (κ3) is 4.19. The zero-order valence-electron chi connectivity index (χ0n) is 22.2. The predicted molar refractivity (Wildman–Crippen MR) is 135 cm³/mol. The summed E-state index contributed by atoms with van der Waals surface area (Å²) in [7, 11) is 1.64. The lowest BCUT2D eigenvalue weighted by Gasteiger charge is -2.46. The van der Waals surface area contributed by atoms with E-state index in [9.17, 15) is 22.4 Å². The van der Waals surface area contributed by atoms with E-state index in [1.807, 2.05) is 0 Å². The first-order valence-electron chi connectivity index (χ1n) is 13.0. The average Bonchev–Trinajstić information content (AvgIpc) is 3.43. The maximum atomic E-state index is 15.8. The van der Waals surface area contributed by atoms with Crippen LogP contribution in [0.25, 0.3) is 0 Å². The summed E-state index contributed by atoms with van der Waals surface area (Å²) in [5.74, 6) is -0.445. The number of fused-ring (bicyclic) bond motifs is 1. The Morgan fingerprint density at radius 2 is 1.85 bits per heavy atom. The molecule has 1 amide bonds. The molecule has 212 valence electrons. The van der Waals surface area contributed by atoms with Crippen LogP contribution in [-0.2, 0) is 29.9 Å². The molecule has 2 atom stereocenters. The number of likely N-dealkylation sites (tertiary alicyclic amines) is 1. The molecule has 40 heavy (non-hydrogen) atoms. The van der Waals surface area contributed by atoms with Crippen molar-refractivity contribution in [2.75, 3.05) is 31.2 Å². The molecular weight excluding hydrogens is 533 g/mol. The van der Waals surface area contributed by atoms with Gasteiger partial charge in [0.2, 0.25) is 0 Å². The Labute approximate surface area is 227 Å². The molecule has 0 bridgehead atoms. The number of ether oxygens (including phenoxy) is 1. The van der Waals surface area contributed by atoms with Gasteiger partial charge in [-0.15, -0.1) is 10.2 Å². The highest BCUT2D eigenvalue weighted by Crippen LogP contribution is 2.47. The standard InChI is InChI=1S/C28H28F5N5O2/c1-16(37-11-26(2,30)12-37)17-7-20-21(22(8-17)28(31,32)33)10-38(25(20)39)19-6-4-5-18(9-19)27(13-40-14-27)23(29)24-35-34-15-36(24)3/h4-9,15-16,23H,10-14H2,1-3H3/t16-,23+/m0/s1. The van der Waals surface area contributed by atoms with Gasteiger partial charge in [-0.05, 0) is 54.8 Å². The van der Waals surface area contributed by atoms with E-state index in [4.69, 9.17) is 4.74 Å². The molecular formula is C28H28F5N5O2. The van der Waals surface area contributed by atoms with Gasteiger partial charge >= 0.3 is 6.18 Å². The number of halogens is 5. The van der Waals surface area contributed by atoms with Crippen LogP contribution in [0.5, 0.6) is 0 Å². The quantitative estimate of drug-likeness (QED) is 0.393. The number of hydrogen-bond donors (Lipinski definition) is 0. The zero-order valence-corrected chi connectivity index (χ0v) is 22.2. The molecule has 3 aliphatic heterocycles. The molecule has 0 saturated carbocycles. The van der Waals surface area contributed by atoms with Crippen molar-refractivity contribution in [1.29, 1.82) is 0 Å². The lowest BCUT2D eigenvalue weighted by molar-refractivity contribution is -0.138. The second-order valence-electron chi connectivity index (χ2n) is 11.3. The van der Waals surface area contributed by atoms with E-state index >= 15 is 4.39 Å². The smallest absolute Gasteiger partial charge is 0.379 e. The number of carbonyl (C=O) groups excluding carboxylic acids is 1. The summed E-state index contributed by atoms with van der Waals surface area (Å²) in [6.07, 6.45) is -4.84. The number of alkyl halides is 5. The maximum absolute atomic E-state index is 15.8. The first-order valence-corrected chi connectivity index (χ1v) is 13.0. The first-order chi connectivity index (χ1) is 18.8. The fourth-order valence-electron chi connectivity index (χ4n) is 5.95. The summed E-state index contributed by atoms with van der Waals surface area (Å²) in [5, 5.41) is 7.66. The van der Waals surface area contributed by atoms with Crippen LogP contribution in [0.15, 0.2) is 42.7 Å². The largest absolute Gasteiger partial charge is 0.416 e. The van der Waals surface area contributed by atoms with Crippen molar-refractivity contribution in [2.24, 2.45) is 7.05 Å². The number of anilines is 1. The highest BCUT2D eigenvalue weighted by molar-refractivity contribution is 6.10. The van der Waals surface area contributed by atoms with Gasteiger partial charge in [0.15, 0.2) is 12.0 Å². The van der Waals surface area contributed by atoms with Crippen LogP contribution in [0.4, 0.5) is 27.6 Å². The highest BCUT2D eigenvalue weighted by Gasteiger charge is 2.51. The van der Waals surface area contributed by atoms with Gasteiger partial charge in [-0.1, -0.05) is 12.1 Å². The van der Waals surface area contributed by atoms with Gasteiger partial charge in [-0.2, -0.15) is 13.2 Å². The van der Waals surface area contributed by atoms with E-state index in [1.54, 1.807) is 43.1 Å². The maximum Gasteiger partial charge on any atom is 0.416 e. The van der Waals surface area contributed by atoms with E-state index in [2.05, 4.69) is 10.2 Å². The highest BCUT2D eigenvalue weighted by atomic mass is 19.4. The van der Waals surface area contributed by atoms with Crippen molar-refractivity contribution in [3.63, 3.8) is 0 Å². The first kappa shape index (κ1) is 26.8. The molecule has 1 aromatic heterocycles. The summed E-state index contributed by atoms with van der Waals surface area (Å²) in [4.78, 5) is 16.6. The molecule has 0 radical (unpaired) electrons. The van der Waals surface area contributed by atoms with Gasteiger partial charge in [0.25, 0.3) is 5.91 Å². The summed E-state index contributed by atoms with van der Waals surface area (Å²) in [5.41, 5.74) is -2.27. The molecule has 2 aromatic carbocycles. The Hall–Kier alpha value is -3.38. The van der Waals surface area contributed by atoms with Gasteiger partial charge in [-0.3, -0.25) is 9.69 Å². The molecule has 4 heterocycles. The number of hydrogen-bond acceptors (Lipinski definition) is 5. The molecule has 0 unspecified atom stereocenters. The number of rotatable bonds is 6. The topological polar surface area (TPSA) is 63.5 Å². The van der Waals surface area contributed by atoms with Crippen molar-refractivity contribution in [2.45, 2.75) is 49.9 Å². The number of aromatic nitrogens is 3. The molecule has 6 rings (SSSR count). The van der Waals surface area contributed by atoms with E-state index in [0.29, 0.717) is 16.8 Å². The molecule has 12 heteroatoms. The number of benzene rings is 2. The van der Waals surface area contributed by atoms with Crippen LogP contribution in [-0.4, -0.2) is 57.5 Å². The third-order valence-corrected chi connectivity index (χ3v) is 8.38. The zero-order chi connectivity index (χ0) is 28.6. The van der Waals surface area contributed by atoms with Gasteiger partial charge < -0.3 is 14.2 Å². The van der Waals surface area contributed by atoms with Crippen molar-refractivity contribution in [1.82, 2.24) is 19.7 Å². The molecule has 3 aliphatic rings.